The number of hydrogen-bond donors (Lipinski definition) is 0. The average molecular weight is 966 g/mol. The zero-order chi connectivity index (χ0) is 51.9. The van der Waals surface area contributed by atoms with Crippen molar-refractivity contribution in [3.63, 3.8) is 0 Å². The molecule has 0 amide bonds. The van der Waals surface area contributed by atoms with E-state index in [9.17, 15) is 4.39 Å². The fourth-order valence-corrected chi connectivity index (χ4v) is 8.24. The summed E-state index contributed by atoms with van der Waals surface area (Å²) in [6.45, 7) is 43.1. The van der Waals surface area contributed by atoms with E-state index in [4.69, 9.17) is 21.3 Å². The van der Waals surface area contributed by atoms with Crippen molar-refractivity contribution in [2.45, 2.75) is 235 Å². The van der Waals surface area contributed by atoms with E-state index in [-0.39, 0.29) is 17.7 Å². The molecule has 0 aromatic carbocycles. The van der Waals surface area contributed by atoms with Gasteiger partial charge in [0.1, 0.15) is 23.4 Å². The summed E-state index contributed by atoms with van der Waals surface area (Å²) in [6.07, 6.45) is 10.6. The lowest BCUT2D eigenvalue weighted by atomic mass is 9.95. The molecule has 0 aliphatic heterocycles. The molecule has 69 heavy (non-hydrogen) atoms. The summed E-state index contributed by atoms with van der Waals surface area (Å²) in [5, 5.41) is 0.591. The van der Waals surface area contributed by atoms with Gasteiger partial charge in [-0.25, -0.2) is 24.3 Å². The third-order valence-electron chi connectivity index (χ3n) is 12.2. The molecular formula is C60H90ClFN6O. The highest BCUT2D eigenvalue weighted by Crippen LogP contribution is 2.40. The molecule has 0 bridgehead atoms. The van der Waals surface area contributed by atoms with Crippen LogP contribution in [0.1, 0.15) is 291 Å². The van der Waals surface area contributed by atoms with E-state index >= 15 is 0 Å². The molecule has 7 nitrogen and oxygen atoms in total. The summed E-state index contributed by atoms with van der Waals surface area (Å²) in [5.74, 6) is 6.00. The van der Waals surface area contributed by atoms with Crippen LogP contribution in [0.4, 0.5) is 4.39 Å². The van der Waals surface area contributed by atoms with E-state index in [2.05, 4.69) is 160 Å². The second kappa shape index (κ2) is 27.9. The lowest BCUT2D eigenvalue weighted by molar-refractivity contribution is 0.289. The highest BCUT2D eigenvalue weighted by molar-refractivity contribution is 6.29. The minimum atomic E-state index is -0.131. The first-order chi connectivity index (χ1) is 32.3. The fourth-order valence-electron chi connectivity index (χ4n) is 8.08. The fraction of sp³-hybridized carbons (Fsp3) is 0.600. The van der Waals surface area contributed by atoms with Crippen LogP contribution in [-0.2, 0) is 0 Å². The molecule has 0 unspecified atom stereocenters. The third kappa shape index (κ3) is 18.8. The number of halogens is 2. The first-order valence-electron chi connectivity index (χ1n) is 26.1. The second-order valence-electron chi connectivity index (χ2n) is 22.0. The molecule has 2 aliphatic rings. The first-order valence-corrected chi connectivity index (χ1v) is 26.5. The molecule has 5 heterocycles. The van der Waals surface area contributed by atoms with E-state index in [0.717, 1.165) is 28.7 Å². The van der Waals surface area contributed by atoms with Gasteiger partial charge in [0, 0.05) is 58.4 Å². The Labute approximate surface area is 424 Å². The summed E-state index contributed by atoms with van der Waals surface area (Å²) in [7, 11) is 0. The Morgan fingerprint density at radius 2 is 0.928 bits per heavy atom. The number of nitrogens with zero attached hydrogens (tertiary/aromatic N) is 6. The van der Waals surface area contributed by atoms with Crippen molar-refractivity contribution >= 4 is 11.6 Å². The number of aromatic nitrogens is 6. The van der Waals surface area contributed by atoms with Gasteiger partial charge in [0.05, 0.1) is 5.69 Å². The Balaban J connectivity index is 0.000000229. The van der Waals surface area contributed by atoms with Gasteiger partial charge in [0.15, 0.2) is 0 Å². The van der Waals surface area contributed by atoms with E-state index in [1.165, 1.54) is 83.0 Å². The van der Waals surface area contributed by atoms with Crippen molar-refractivity contribution in [2.24, 2.45) is 0 Å². The van der Waals surface area contributed by atoms with Crippen LogP contribution in [0.15, 0.2) is 61.2 Å². The predicted octanol–water partition coefficient (Wildman–Crippen LogP) is 18.2. The standard InChI is InChI=1S/C14H21NO.C14H21N.C11H16ClN.C11H16FN.C10H16N2/c1-9(2)12-7-8-13(16-11-5-6-11)15-14(12)10(3)4;1-9(2)12-7-8-13(11-5-6-11)15-14(12)10(3)4;1-7(2)9-5-6-10(12)13-11(9)8(3)4;1-7(2)10-9(12)5-6-13-11(10)8(3)4;1-7(2)9-5-11-6-12-10(9)8(3)4/h7-11H,5-6H2,1-4H3;7-11H,5-6H2,1-4H3;2*5-8H,1-4H3;5-8H,1-4H3. The SMILES string of the molecule is CC(C)c1ccc(C2CC2)nc1C(C)C.CC(C)c1ccc(Cl)nc1C(C)C.CC(C)c1ccc(OC2CC2)nc1C(C)C.CC(C)c1cncnc1C(C)C.CC(C)c1nccc(F)c1C(C)C. The molecular weight excluding hydrogens is 875 g/mol. The van der Waals surface area contributed by atoms with Gasteiger partial charge in [-0.05, 0) is 125 Å². The smallest absolute Gasteiger partial charge is 0.213 e. The van der Waals surface area contributed by atoms with Gasteiger partial charge in [0.25, 0.3) is 0 Å². The molecule has 380 valence electrons. The van der Waals surface area contributed by atoms with Crippen LogP contribution in [0.5, 0.6) is 5.88 Å². The molecule has 2 fully saturated rings. The third-order valence-corrected chi connectivity index (χ3v) is 12.4. The molecule has 2 aliphatic carbocycles. The van der Waals surface area contributed by atoms with E-state index < -0.39 is 0 Å². The highest BCUT2D eigenvalue weighted by atomic mass is 35.5. The Hall–Kier alpha value is -4.30. The number of pyridine rings is 4. The van der Waals surface area contributed by atoms with Crippen molar-refractivity contribution in [3.05, 3.63) is 134 Å². The van der Waals surface area contributed by atoms with Crippen molar-refractivity contribution in [3.8, 4) is 5.88 Å². The summed E-state index contributed by atoms with van der Waals surface area (Å²) in [4.78, 5) is 26.4. The first kappa shape index (κ1) is 59.0. The van der Waals surface area contributed by atoms with Crippen LogP contribution in [-0.4, -0.2) is 36.0 Å². The summed E-state index contributed by atoms with van der Waals surface area (Å²) in [6, 6.07) is 14.1. The average Bonchev–Trinajstić information content (AvgIpc) is 4.23. The Morgan fingerprint density at radius 3 is 1.35 bits per heavy atom. The lowest BCUT2D eigenvalue weighted by Crippen LogP contribution is -2.05. The van der Waals surface area contributed by atoms with Crippen LogP contribution >= 0.6 is 11.6 Å². The van der Waals surface area contributed by atoms with Crippen LogP contribution in [0.2, 0.25) is 5.15 Å². The predicted molar refractivity (Wildman–Crippen MR) is 290 cm³/mol. The number of rotatable bonds is 13. The second-order valence-corrected chi connectivity index (χ2v) is 22.4. The van der Waals surface area contributed by atoms with E-state index in [1.54, 1.807) is 6.33 Å². The molecule has 0 spiro atoms. The molecule has 0 radical (unpaired) electrons. The Morgan fingerprint density at radius 1 is 0.464 bits per heavy atom. The van der Waals surface area contributed by atoms with Crippen molar-refractivity contribution in [2.75, 3.05) is 0 Å². The van der Waals surface area contributed by atoms with Crippen molar-refractivity contribution < 1.29 is 9.13 Å². The van der Waals surface area contributed by atoms with Crippen LogP contribution in [0.25, 0.3) is 0 Å². The molecule has 0 atom stereocenters. The molecule has 0 saturated heterocycles. The Bertz CT molecular complexity index is 2280. The highest BCUT2D eigenvalue weighted by Gasteiger charge is 2.27. The van der Waals surface area contributed by atoms with Gasteiger partial charge in [-0.1, -0.05) is 168 Å². The molecule has 5 aromatic heterocycles. The Kier molecular flexibility index (Phi) is 23.9. The molecule has 9 heteroatoms. The zero-order valence-electron chi connectivity index (χ0n) is 46.4. The van der Waals surface area contributed by atoms with Crippen LogP contribution < -0.4 is 4.74 Å². The summed E-state index contributed by atoms with van der Waals surface area (Å²) >= 11 is 5.85. The maximum Gasteiger partial charge on any atom is 0.213 e. The van der Waals surface area contributed by atoms with Gasteiger partial charge in [-0.2, -0.15) is 0 Å². The molecule has 0 N–H and O–H groups in total. The van der Waals surface area contributed by atoms with Crippen LogP contribution in [0, 0.1) is 5.82 Å². The summed E-state index contributed by atoms with van der Waals surface area (Å²) in [5.41, 5.74) is 13.1. The van der Waals surface area contributed by atoms with Gasteiger partial charge in [-0.15, -0.1) is 0 Å². The zero-order valence-corrected chi connectivity index (χ0v) is 47.1. The van der Waals surface area contributed by atoms with Gasteiger partial charge in [0.2, 0.25) is 5.88 Å². The largest absolute Gasteiger partial charge is 0.474 e. The number of hydrogen-bond acceptors (Lipinski definition) is 7. The molecule has 5 aromatic rings. The molecule has 2 saturated carbocycles. The minimum absolute atomic E-state index is 0.131. The van der Waals surface area contributed by atoms with Crippen molar-refractivity contribution in [1.82, 2.24) is 29.9 Å². The molecule has 7 rings (SSSR count). The number of ether oxygens (including phenoxy) is 1. The summed E-state index contributed by atoms with van der Waals surface area (Å²) < 4.78 is 19.2. The normalized spacial score (nSPS) is 13.4. The lowest BCUT2D eigenvalue weighted by Gasteiger charge is -2.16. The quantitative estimate of drug-likeness (QED) is 0.109. The monoisotopic (exact) mass is 965 g/mol. The topological polar surface area (TPSA) is 86.6 Å². The maximum atomic E-state index is 13.4. The van der Waals surface area contributed by atoms with Gasteiger partial charge in [-0.3, -0.25) is 9.97 Å². The van der Waals surface area contributed by atoms with Gasteiger partial charge >= 0.3 is 0 Å². The van der Waals surface area contributed by atoms with Crippen molar-refractivity contribution in [1.29, 1.82) is 0 Å². The van der Waals surface area contributed by atoms with Gasteiger partial charge < -0.3 is 4.74 Å². The van der Waals surface area contributed by atoms with Crippen LogP contribution in [0.3, 0.4) is 0 Å². The van der Waals surface area contributed by atoms with E-state index in [0.29, 0.717) is 58.6 Å². The maximum absolute atomic E-state index is 13.4. The van der Waals surface area contributed by atoms with E-state index in [1.807, 2.05) is 46.0 Å². The minimum Gasteiger partial charge on any atom is -0.474 e.